The molecular weight excluding hydrogens is 148 g/mol. The molecule has 0 radical (unpaired) electrons. The fourth-order valence-corrected chi connectivity index (χ4v) is 1.18. The van der Waals surface area contributed by atoms with Gasteiger partial charge in [-0.05, 0) is 12.8 Å². The molecule has 0 aliphatic heterocycles. The molecule has 62 valence electrons. The summed E-state index contributed by atoms with van der Waals surface area (Å²) in [5.41, 5.74) is 0. The number of unbranched alkanes of at least 4 members (excludes halogenated alkanes) is 1. The van der Waals surface area contributed by atoms with Crippen molar-refractivity contribution in [2.45, 2.75) is 51.0 Å². The molecule has 1 N–H and O–H groups in total. The van der Waals surface area contributed by atoms with Crippen LogP contribution in [-0.4, -0.2) is 16.6 Å². The fourth-order valence-electron chi connectivity index (χ4n) is 0.847. The number of alkyl halides is 1. The zero-order valence-corrected chi connectivity index (χ0v) is 7.56. The highest BCUT2D eigenvalue weighted by molar-refractivity contribution is 6.21. The van der Waals surface area contributed by atoms with E-state index in [1.807, 2.05) is 6.92 Å². The molecule has 0 amide bonds. The van der Waals surface area contributed by atoms with Crippen LogP contribution in [0.5, 0.6) is 0 Å². The Bertz CT molecular complexity index is 75.7. The summed E-state index contributed by atoms with van der Waals surface area (Å²) < 4.78 is 0. The molecule has 0 aromatic heterocycles. The van der Waals surface area contributed by atoms with Crippen molar-refractivity contribution in [3.8, 4) is 0 Å². The monoisotopic (exact) mass is 164 g/mol. The summed E-state index contributed by atoms with van der Waals surface area (Å²) in [6.45, 7) is 4.08. The first kappa shape index (κ1) is 10.2. The number of aliphatic hydroxyl groups is 1. The van der Waals surface area contributed by atoms with E-state index in [1.54, 1.807) is 0 Å². The molecule has 0 spiro atoms. The molecule has 1 nitrogen and oxygen atoms in total. The van der Waals surface area contributed by atoms with Crippen LogP contribution in [0, 0.1) is 0 Å². The minimum atomic E-state index is -0.312. The quantitative estimate of drug-likeness (QED) is 0.620. The lowest BCUT2D eigenvalue weighted by Gasteiger charge is -2.13. The van der Waals surface area contributed by atoms with Gasteiger partial charge in [0.15, 0.2) is 0 Å². The normalized spacial score (nSPS) is 16.8. The third kappa shape index (κ3) is 4.13. The Kier molecular flexibility index (Phi) is 6.14. The minimum Gasteiger partial charge on any atom is -0.392 e. The van der Waals surface area contributed by atoms with Crippen molar-refractivity contribution in [1.82, 2.24) is 0 Å². The van der Waals surface area contributed by atoms with Gasteiger partial charge in [0.25, 0.3) is 0 Å². The molecule has 0 aliphatic rings. The van der Waals surface area contributed by atoms with Crippen LogP contribution in [-0.2, 0) is 0 Å². The van der Waals surface area contributed by atoms with E-state index in [1.165, 1.54) is 0 Å². The van der Waals surface area contributed by atoms with Gasteiger partial charge in [-0.2, -0.15) is 0 Å². The molecule has 0 aromatic carbocycles. The molecule has 2 atom stereocenters. The Morgan fingerprint density at radius 2 is 2.00 bits per heavy atom. The topological polar surface area (TPSA) is 20.2 Å². The van der Waals surface area contributed by atoms with Gasteiger partial charge in [-0.3, -0.25) is 0 Å². The van der Waals surface area contributed by atoms with Gasteiger partial charge in [0.2, 0.25) is 0 Å². The van der Waals surface area contributed by atoms with Gasteiger partial charge in [-0.1, -0.05) is 26.7 Å². The fraction of sp³-hybridized carbons (Fsp3) is 1.00. The number of hydrogen-bond donors (Lipinski definition) is 1. The summed E-state index contributed by atoms with van der Waals surface area (Å²) in [7, 11) is 0. The van der Waals surface area contributed by atoms with Crippen molar-refractivity contribution in [3.05, 3.63) is 0 Å². The Morgan fingerprint density at radius 1 is 1.40 bits per heavy atom. The highest BCUT2D eigenvalue weighted by Crippen LogP contribution is 2.13. The van der Waals surface area contributed by atoms with E-state index < -0.39 is 0 Å². The molecule has 2 unspecified atom stereocenters. The molecule has 0 heterocycles. The lowest BCUT2D eigenvalue weighted by molar-refractivity contribution is 0.160. The zero-order chi connectivity index (χ0) is 7.98. The van der Waals surface area contributed by atoms with Crippen molar-refractivity contribution in [2.24, 2.45) is 0 Å². The van der Waals surface area contributed by atoms with E-state index in [0.29, 0.717) is 0 Å². The molecule has 0 bridgehead atoms. The average Bonchev–Trinajstić information content (AvgIpc) is 1.98. The SMILES string of the molecule is CCCCC(Cl)C(O)CC. The largest absolute Gasteiger partial charge is 0.392 e. The van der Waals surface area contributed by atoms with Gasteiger partial charge < -0.3 is 5.11 Å². The lowest BCUT2D eigenvalue weighted by atomic mass is 10.1. The van der Waals surface area contributed by atoms with E-state index >= 15 is 0 Å². The standard InChI is InChI=1S/C8H17ClO/c1-3-5-6-7(9)8(10)4-2/h7-8,10H,3-6H2,1-2H3. The van der Waals surface area contributed by atoms with E-state index in [-0.39, 0.29) is 11.5 Å². The maximum Gasteiger partial charge on any atom is 0.0701 e. The molecule has 2 heteroatoms. The number of halogens is 1. The van der Waals surface area contributed by atoms with Crippen molar-refractivity contribution in [3.63, 3.8) is 0 Å². The first-order valence-corrected chi connectivity index (χ1v) is 4.48. The van der Waals surface area contributed by atoms with Crippen molar-refractivity contribution >= 4 is 11.6 Å². The van der Waals surface area contributed by atoms with Gasteiger partial charge in [-0.15, -0.1) is 11.6 Å². The second-order valence-corrected chi connectivity index (χ2v) is 3.19. The molecular formula is C8H17ClO. The minimum absolute atomic E-state index is 0.0371. The molecule has 0 fully saturated rings. The van der Waals surface area contributed by atoms with Crippen LogP contribution in [0.25, 0.3) is 0 Å². The summed E-state index contributed by atoms with van der Waals surface area (Å²) >= 11 is 5.86. The van der Waals surface area contributed by atoms with Crippen molar-refractivity contribution < 1.29 is 5.11 Å². The maximum atomic E-state index is 9.22. The van der Waals surface area contributed by atoms with Crippen molar-refractivity contribution in [2.75, 3.05) is 0 Å². The van der Waals surface area contributed by atoms with Gasteiger partial charge in [-0.25, -0.2) is 0 Å². The van der Waals surface area contributed by atoms with E-state index in [0.717, 1.165) is 25.7 Å². The van der Waals surface area contributed by atoms with Crippen LogP contribution in [0.4, 0.5) is 0 Å². The molecule has 0 rings (SSSR count). The number of aliphatic hydroxyl groups excluding tert-OH is 1. The highest BCUT2D eigenvalue weighted by atomic mass is 35.5. The van der Waals surface area contributed by atoms with E-state index in [4.69, 9.17) is 11.6 Å². The second-order valence-electron chi connectivity index (χ2n) is 2.63. The number of hydrogen-bond acceptors (Lipinski definition) is 1. The second kappa shape index (κ2) is 5.99. The third-order valence-electron chi connectivity index (χ3n) is 1.67. The van der Waals surface area contributed by atoms with Crippen LogP contribution < -0.4 is 0 Å². The summed E-state index contributed by atoms with van der Waals surface area (Å²) in [5.74, 6) is 0. The Balaban J connectivity index is 3.31. The molecule has 0 aromatic rings. The van der Waals surface area contributed by atoms with Crippen LogP contribution >= 0.6 is 11.6 Å². The summed E-state index contributed by atoms with van der Waals surface area (Å²) in [5, 5.41) is 9.18. The van der Waals surface area contributed by atoms with Gasteiger partial charge in [0, 0.05) is 0 Å². The van der Waals surface area contributed by atoms with Crippen LogP contribution in [0.3, 0.4) is 0 Å². The number of rotatable bonds is 5. The first-order chi connectivity index (χ1) is 4.72. The van der Waals surface area contributed by atoms with Gasteiger partial charge in [0.1, 0.15) is 0 Å². The molecule has 0 aliphatic carbocycles. The Morgan fingerprint density at radius 3 is 2.40 bits per heavy atom. The van der Waals surface area contributed by atoms with E-state index in [9.17, 15) is 5.11 Å². The Hall–Kier alpha value is 0.250. The summed E-state index contributed by atoms with van der Waals surface area (Å²) in [4.78, 5) is 0. The Labute approximate surface area is 68.4 Å². The van der Waals surface area contributed by atoms with Crippen LogP contribution in [0.2, 0.25) is 0 Å². The highest BCUT2D eigenvalue weighted by Gasteiger charge is 2.12. The van der Waals surface area contributed by atoms with Crippen LogP contribution in [0.15, 0.2) is 0 Å². The molecule has 0 saturated carbocycles. The first-order valence-electron chi connectivity index (χ1n) is 4.04. The maximum absolute atomic E-state index is 9.22. The average molecular weight is 165 g/mol. The van der Waals surface area contributed by atoms with E-state index in [2.05, 4.69) is 6.92 Å². The smallest absolute Gasteiger partial charge is 0.0701 e. The summed E-state index contributed by atoms with van der Waals surface area (Å²) in [6.07, 6.45) is 3.66. The molecule has 10 heavy (non-hydrogen) atoms. The predicted molar refractivity (Wildman–Crippen MR) is 45.5 cm³/mol. The van der Waals surface area contributed by atoms with Gasteiger partial charge in [0.05, 0.1) is 11.5 Å². The lowest BCUT2D eigenvalue weighted by Crippen LogP contribution is -2.19. The van der Waals surface area contributed by atoms with Gasteiger partial charge >= 0.3 is 0 Å². The molecule has 0 saturated heterocycles. The van der Waals surface area contributed by atoms with Crippen LogP contribution in [0.1, 0.15) is 39.5 Å². The zero-order valence-electron chi connectivity index (χ0n) is 6.81. The predicted octanol–water partition coefficient (Wildman–Crippen LogP) is 2.55. The van der Waals surface area contributed by atoms with Crippen molar-refractivity contribution in [1.29, 1.82) is 0 Å². The third-order valence-corrected chi connectivity index (χ3v) is 2.18. The summed E-state index contributed by atoms with van der Waals surface area (Å²) in [6, 6.07) is 0.